The van der Waals surface area contributed by atoms with E-state index in [1.807, 2.05) is 41.9 Å². The highest BCUT2D eigenvalue weighted by Crippen LogP contribution is 2.25. The molecule has 3 aromatic rings. The number of rotatable bonds is 3. The van der Waals surface area contributed by atoms with Gasteiger partial charge in [-0.25, -0.2) is 4.68 Å². The molecule has 2 aromatic carbocycles. The van der Waals surface area contributed by atoms with E-state index in [0.29, 0.717) is 0 Å². The molecule has 0 spiro atoms. The van der Waals surface area contributed by atoms with E-state index >= 15 is 0 Å². The van der Waals surface area contributed by atoms with E-state index in [9.17, 15) is 0 Å². The molecule has 3 heteroatoms. The molecule has 0 amide bonds. The van der Waals surface area contributed by atoms with Gasteiger partial charge in [0.1, 0.15) is 11.5 Å². The van der Waals surface area contributed by atoms with Crippen LogP contribution in [0, 0.1) is 27.7 Å². The van der Waals surface area contributed by atoms with Gasteiger partial charge in [0, 0.05) is 11.8 Å². The van der Waals surface area contributed by atoms with Gasteiger partial charge in [-0.3, -0.25) is 0 Å². The summed E-state index contributed by atoms with van der Waals surface area (Å²) in [4.78, 5) is 0. The van der Waals surface area contributed by atoms with Crippen molar-refractivity contribution in [3.8, 4) is 17.2 Å². The smallest absolute Gasteiger partial charge is 0.129 e. The minimum absolute atomic E-state index is 0.813. The van der Waals surface area contributed by atoms with Gasteiger partial charge in [-0.2, -0.15) is 5.10 Å². The largest absolute Gasteiger partial charge is 0.457 e. The second-order valence-electron chi connectivity index (χ2n) is 5.68. The highest BCUT2D eigenvalue weighted by molar-refractivity contribution is 5.43. The molecule has 112 valence electrons. The van der Waals surface area contributed by atoms with E-state index in [1.165, 1.54) is 11.1 Å². The van der Waals surface area contributed by atoms with Crippen LogP contribution in [0.5, 0.6) is 11.5 Å². The van der Waals surface area contributed by atoms with E-state index in [0.717, 1.165) is 28.6 Å². The fourth-order valence-electron chi connectivity index (χ4n) is 2.48. The van der Waals surface area contributed by atoms with Crippen LogP contribution in [-0.2, 0) is 0 Å². The van der Waals surface area contributed by atoms with E-state index in [-0.39, 0.29) is 0 Å². The van der Waals surface area contributed by atoms with Crippen molar-refractivity contribution in [1.82, 2.24) is 9.78 Å². The fourth-order valence-corrected chi connectivity index (χ4v) is 2.48. The number of nitrogens with zero attached hydrogens (tertiary/aromatic N) is 2. The Kier molecular flexibility index (Phi) is 3.72. The molecule has 0 saturated heterocycles. The van der Waals surface area contributed by atoms with Crippen molar-refractivity contribution >= 4 is 0 Å². The first-order valence-corrected chi connectivity index (χ1v) is 7.42. The molecule has 0 saturated carbocycles. The summed E-state index contributed by atoms with van der Waals surface area (Å²) in [7, 11) is 0. The summed E-state index contributed by atoms with van der Waals surface area (Å²) in [5, 5.41) is 4.52. The van der Waals surface area contributed by atoms with Gasteiger partial charge in [0.25, 0.3) is 0 Å². The number of hydrogen-bond donors (Lipinski definition) is 0. The van der Waals surface area contributed by atoms with Crippen LogP contribution in [-0.4, -0.2) is 9.78 Å². The topological polar surface area (TPSA) is 27.1 Å². The first kappa shape index (κ1) is 14.4. The van der Waals surface area contributed by atoms with E-state index in [4.69, 9.17) is 4.74 Å². The zero-order valence-corrected chi connectivity index (χ0v) is 13.4. The Labute approximate surface area is 131 Å². The monoisotopic (exact) mass is 292 g/mol. The average molecular weight is 292 g/mol. The minimum atomic E-state index is 0.813. The lowest BCUT2D eigenvalue weighted by Crippen LogP contribution is -1.99. The molecule has 0 bridgehead atoms. The van der Waals surface area contributed by atoms with Crippen molar-refractivity contribution in [2.75, 3.05) is 0 Å². The van der Waals surface area contributed by atoms with Crippen molar-refractivity contribution in [3.05, 3.63) is 71.0 Å². The minimum Gasteiger partial charge on any atom is -0.457 e. The maximum atomic E-state index is 5.98. The SMILES string of the molecule is Cc1cc(C)n(-c2cccc(Oc3ccc(C)c(C)c3)c2)n1. The van der Waals surface area contributed by atoms with Crippen molar-refractivity contribution in [2.45, 2.75) is 27.7 Å². The number of aromatic nitrogens is 2. The predicted molar refractivity (Wildman–Crippen MR) is 89.0 cm³/mol. The third-order valence-electron chi connectivity index (χ3n) is 3.79. The lowest BCUT2D eigenvalue weighted by molar-refractivity contribution is 0.481. The Morgan fingerprint density at radius 1 is 0.818 bits per heavy atom. The van der Waals surface area contributed by atoms with Crippen molar-refractivity contribution in [1.29, 1.82) is 0 Å². The molecule has 0 N–H and O–H groups in total. The summed E-state index contributed by atoms with van der Waals surface area (Å²) in [6.07, 6.45) is 0. The second-order valence-corrected chi connectivity index (χ2v) is 5.68. The molecular formula is C19H20N2O. The zero-order chi connectivity index (χ0) is 15.7. The molecule has 0 atom stereocenters. The molecular weight excluding hydrogens is 272 g/mol. The quantitative estimate of drug-likeness (QED) is 0.686. The zero-order valence-electron chi connectivity index (χ0n) is 13.4. The molecule has 1 aromatic heterocycles. The molecule has 0 aliphatic rings. The first-order valence-electron chi connectivity index (χ1n) is 7.42. The second kappa shape index (κ2) is 5.68. The van der Waals surface area contributed by atoms with Crippen LogP contribution >= 0.6 is 0 Å². The van der Waals surface area contributed by atoms with Crippen LogP contribution < -0.4 is 4.74 Å². The molecule has 0 radical (unpaired) electrons. The van der Waals surface area contributed by atoms with Gasteiger partial charge in [0.05, 0.1) is 11.4 Å². The van der Waals surface area contributed by atoms with Crippen molar-refractivity contribution < 1.29 is 4.74 Å². The number of benzene rings is 2. The Balaban J connectivity index is 1.91. The lowest BCUT2D eigenvalue weighted by Gasteiger charge is -2.10. The van der Waals surface area contributed by atoms with Gasteiger partial charge in [-0.05, 0) is 69.2 Å². The van der Waals surface area contributed by atoms with E-state index < -0.39 is 0 Å². The molecule has 22 heavy (non-hydrogen) atoms. The van der Waals surface area contributed by atoms with Gasteiger partial charge in [0.2, 0.25) is 0 Å². The van der Waals surface area contributed by atoms with Gasteiger partial charge in [-0.1, -0.05) is 12.1 Å². The molecule has 1 heterocycles. The lowest BCUT2D eigenvalue weighted by atomic mass is 10.1. The van der Waals surface area contributed by atoms with E-state index in [1.54, 1.807) is 0 Å². The van der Waals surface area contributed by atoms with Crippen LogP contribution in [0.15, 0.2) is 48.5 Å². The summed E-state index contributed by atoms with van der Waals surface area (Å²) >= 11 is 0. The highest BCUT2D eigenvalue weighted by atomic mass is 16.5. The molecule has 0 fully saturated rings. The highest BCUT2D eigenvalue weighted by Gasteiger charge is 2.06. The maximum Gasteiger partial charge on any atom is 0.129 e. The summed E-state index contributed by atoms with van der Waals surface area (Å²) in [6, 6.07) is 16.2. The molecule has 3 rings (SSSR count). The van der Waals surface area contributed by atoms with Crippen molar-refractivity contribution in [2.24, 2.45) is 0 Å². The normalized spacial score (nSPS) is 10.7. The molecule has 0 aliphatic heterocycles. The summed E-state index contributed by atoms with van der Waals surface area (Å²) in [6.45, 7) is 8.24. The van der Waals surface area contributed by atoms with Gasteiger partial charge in [-0.15, -0.1) is 0 Å². The van der Waals surface area contributed by atoms with Crippen LogP contribution in [0.2, 0.25) is 0 Å². The summed E-state index contributed by atoms with van der Waals surface area (Å²) in [5.41, 5.74) is 5.63. The van der Waals surface area contributed by atoms with Gasteiger partial charge < -0.3 is 4.74 Å². The van der Waals surface area contributed by atoms with Crippen LogP contribution in [0.4, 0.5) is 0 Å². The maximum absolute atomic E-state index is 5.98. The Hall–Kier alpha value is -2.55. The molecule has 0 unspecified atom stereocenters. The van der Waals surface area contributed by atoms with Gasteiger partial charge >= 0.3 is 0 Å². The predicted octanol–water partition coefficient (Wildman–Crippen LogP) is 4.90. The number of aryl methyl sites for hydroxylation is 4. The Morgan fingerprint density at radius 2 is 1.59 bits per heavy atom. The fraction of sp³-hybridized carbons (Fsp3) is 0.211. The van der Waals surface area contributed by atoms with Crippen LogP contribution in [0.3, 0.4) is 0 Å². The van der Waals surface area contributed by atoms with Crippen LogP contribution in [0.1, 0.15) is 22.5 Å². The Bertz CT molecular complexity index is 818. The number of ether oxygens (including phenoxy) is 1. The average Bonchev–Trinajstić information content (AvgIpc) is 2.82. The Morgan fingerprint density at radius 3 is 2.27 bits per heavy atom. The third kappa shape index (κ3) is 2.89. The summed E-state index contributed by atoms with van der Waals surface area (Å²) in [5.74, 6) is 1.67. The number of hydrogen-bond acceptors (Lipinski definition) is 2. The first-order chi connectivity index (χ1) is 10.5. The van der Waals surface area contributed by atoms with Gasteiger partial charge in [0.15, 0.2) is 0 Å². The van der Waals surface area contributed by atoms with E-state index in [2.05, 4.69) is 44.1 Å². The summed E-state index contributed by atoms with van der Waals surface area (Å²) < 4.78 is 7.92. The molecule has 0 aliphatic carbocycles. The third-order valence-corrected chi connectivity index (χ3v) is 3.79. The molecule has 3 nitrogen and oxygen atoms in total. The van der Waals surface area contributed by atoms with Crippen molar-refractivity contribution in [3.63, 3.8) is 0 Å². The van der Waals surface area contributed by atoms with Crippen LogP contribution in [0.25, 0.3) is 5.69 Å². The standard InChI is InChI=1S/C19H20N2O/c1-13-8-9-19(10-14(13)2)22-18-7-5-6-17(12-18)21-16(4)11-15(3)20-21/h5-12H,1-4H3.